The molecule has 0 saturated heterocycles. The van der Waals surface area contributed by atoms with Gasteiger partial charge in [-0.3, -0.25) is 4.79 Å². The van der Waals surface area contributed by atoms with Gasteiger partial charge in [0.2, 0.25) is 5.82 Å². The van der Waals surface area contributed by atoms with Crippen molar-refractivity contribution in [3.05, 3.63) is 34.6 Å². The van der Waals surface area contributed by atoms with Crippen molar-refractivity contribution in [2.24, 2.45) is 11.7 Å². The topological polar surface area (TPSA) is 55.1 Å². The summed E-state index contributed by atoms with van der Waals surface area (Å²) in [7, 11) is 0. The minimum absolute atomic E-state index is 0.00100. The first-order valence-electron chi connectivity index (χ1n) is 6.38. The Bertz CT molecular complexity index is 549. The molecule has 116 valence electrons. The van der Waals surface area contributed by atoms with Gasteiger partial charge in [-0.25, -0.2) is 22.0 Å². The maximum absolute atomic E-state index is 13.4. The van der Waals surface area contributed by atoms with Gasteiger partial charge in [0.05, 0.1) is 0 Å². The molecule has 1 aliphatic carbocycles. The smallest absolute Gasteiger partial charge is 0.257 e. The number of carbonyl (C=O) groups is 1. The van der Waals surface area contributed by atoms with E-state index in [9.17, 15) is 26.7 Å². The second-order valence-electron chi connectivity index (χ2n) is 5.09. The molecule has 2 unspecified atom stereocenters. The monoisotopic (exact) mass is 308 g/mol. The summed E-state index contributed by atoms with van der Waals surface area (Å²) in [6.45, 7) is 0.0754. The molecule has 8 heteroatoms. The van der Waals surface area contributed by atoms with Crippen LogP contribution in [-0.2, 0) is 0 Å². The zero-order chi connectivity index (χ0) is 15.7. The minimum atomic E-state index is -2.29. The van der Waals surface area contributed by atoms with Crippen LogP contribution in [0, 0.1) is 35.0 Å². The third-order valence-electron chi connectivity index (χ3n) is 3.57. The van der Waals surface area contributed by atoms with Gasteiger partial charge in [-0.05, 0) is 25.2 Å². The Morgan fingerprint density at radius 3 is 2.00 bits per heavy atom. The summed E-state index contributed by atoms with van der Waals surface area (Å²) in [5.41, 5.74) is 4.21. The van der Waals surface area contributed by atoms with Gasteiger partial charge in [0.15, 0.2) is 23.3 Å². The van der Waals surface area contributed by atoms with Gasteiger partial charge in [-0.2, -0.15) is 0 Å². The first-order valence-corrected chi connectivity index (χ1v) is 6.38. The first kappa shape index (κ1) is 15.7. The Morgan fingerprint density at radius 2 is 1.52 bits per heavy atom. The van der Waals surface area contributed by atoms with Crippen LogP contribution in [0.4, 0.5) is 22.0 Å². The molecule has 0 aromatic heterocycles. The van der Waals surface area contributed by atoms with E-state index in [4.69, 9.17) is 5.73 Å². The normalized spacial score (nSPS) is 21.6. The summed E-state index contributed by atoms with van der Waals surface area (Å²) in [6.07, 6.45) is 2.14. The lowest BCUT2D eigenvalue weighted by Crippen LogP contribution is -2.31. The molecule has 0 bridgehead atoms. The van der Waals surface area contributed by atoms with Crippen LogP contribution in [0.15, 0.2) is 0 Å². The molecule has 2 rings (SSSR count). The number of amides is 1. The zero-order valence-corrected chi connectivity index (χ0v) is 10.9. The molecule has 1 aliphatic rings. The molecule has 1 aromatic rings. The maximum Gasteiger partial charge on any atom is 0.257 e. The second-order valence-corrected chi connectivity index (χ2v) is 5.09. The largest absolute Gasteiger partial charge is 0.352 e. The van der Waals surface area contributed by atoms with Crippen LogP contribution in [0.1, 0.15) is 29.6 Å². The molecule has 0 heterocycles. The molecule has 0 spiro atoms. The lowest BCUT2D eigenvalue weighted by Gasteiger charge is -2.12. The number of carbonyl (C=O) groups excluding carboxylic acids is 1. The lowest BCUT2D eigenvalue weighted by atomic mass is 10.1. The number of hydrogen-bond donors (Lipinski definition) is 2. The quantitative estimate of drug-likeness (QED) is 0.511. The van der Waals surface area contributed by atoms with Gasteiger partial charge in [0.1, 0.15) is 5.56 Å². The first-order chi connectivity index (χ1) is 9.82. The predicted molar refractivity (Wildman–Crippen MR) is 63.9 cm³/mol. The van der Waals surface area contributed by atoms with Crippen molar-refractivity contribution in [3.63, 3.8) is 0 Å². The summed E-state index contributed by atoms with van der Waals surface area (Å²) < 4.78 is 65.7. The van der Waals surface area contributed by atoms with E-state index in [1.54, 1.807) is 0 Å². The molecule has 1 aromatic carbocycles. The number of rotatable bonds is 3. The zero-order valence-electron chi connectivity index (χ0n) is 10.9. The number of benzene rings is 1. The minimum Gasteiger partial charge on any atom is -0.352 e. The van der Waals surface area contributed by atoms with Crippen molar-refractivity contribution >= 4 is 5.91 Å². The van der Waals surface area contributed by atoms with E-state index in [1.165, 1.54) is 0 Å². The standard InChI is InChI=1S/C13H13F5N2O/c14-8-7(9(15)11(17)12(18)10(8)16)13(21)20-4-5-1-2-6(19)3-5/h5-6H,1-4,19H2,(H,20,21). The van der Waals surface area contributed by atoms with Gasteiger partial charge in [-0.15, -0.1) is 0 Å². The maximum atomic E-state index is 13.4. The third-order valence-corrected chi connectivity index (χ3v) is 3.57. The summed E-state index contributed by atoms with van der Waals surface area (Å²) in [6, 6.07) is 0.00100. The number of hydrogen-bond acceptors (Lipinski definition) is 2. The molecule has 1 saturated carbocycles. The Morgan fingerprint density at radius 1 is 1.00 bits per heavy atom. The van der Waals surface area contributed by atoms with Gasteiger partial charge in [0, 0.05) is 12.6 Å². The van der Waals surface area contributed by atoms with E-state index in [1.807, 2.05) is 0 Å². The highest BCUT2D eigenvalue weighted by Crippen LogP contribution is 2.25. The van der Waals surface area contributed by atoms with E-state index in [0.717, 1.165) is 12.8 Å². The van der Waals surface area contributed by atoms with E-state index >= 15 is 0 Å². The lowest BCUT2D eigenvalue weighted by molar-refractivity contribution is 0.0935. The second kappa shape index (κ2) is 5.97. The molecule has 2 atom stereocenters. The number of nitrogens with two attached hydrogens (primary N) is 1. The highest BCUT2D eigenvalue weighted by Gasteiger charge is 2.30. The molecule has 21 heavy (non-hydrogen) atoms. The molecule has 1 fully saturated rings. The SMILES string of the molecule is NC1CCC(CNC(=O)c2c(F)c(F)c(F)c(F)c2F)C1. The van der Waals surface area contributed by atoms with Gasteiger partial charge >= 0.3 is 0 Å². The highest BCUT2D eigenvalue weighted by atomic mass is 19.2. The van der Waals surface area contributed by atoms with Gasteiger partial charge < -0.3 is 11.1 Å². The van der Waals surface area contributed by atoms with E-state index < -0.39 is 40.6 Å². The van der Waals surface area contributed by atoms with Crippen LogP contribution in [0.2, 0.25) is 0 Å². The van der Waals surface area contributed by atoms with E-state index in [2.05, 4.69) is 5.32 Å². The average molecular weight is 308 g/mol. The van der Waals surface area contributed by atoms with Crippen LogP contribution in [-0.4, -0.2) is 18.5 Å². The van der Waals surface area contributed by atoms with Crippen molar-refractivity contribution < 1.29 is 26.7 Å². The Labute approximate surface area is 117 Å². The van der Waals surface area contributed by atoms with Crippen molar-refractivity contribution in [2.75, 3.05) is 6.54 Å². The molecule has 0 aliphatic heterocycles. The van der Waals surface area contributed by atoms with Crippen LogP contribution < -0.4 is 11.1 Å². The summed E-state index contributed by atoms with van der Waals surface area (Å²) in [4.78, 5) is 11.7. The third kappa shape index (κ3) is 2.99. The fourth-order valence-corrected chi connectivity index (χ4v) is 2.43. The van der Waals surface area contributed by atoms with Crippen LogP contribution in [0.25, 0.3) is 0 Å². The molecule has 1 amide bonds. The van der Waals surface area contributed by atoms with Crippen molar-refractivity contribution in [3.8, 4) is 0 Å². The Kier molecular flexibility index (Phi) is 4.46. The molecule has 3 N–H and O–H groups in total. The molecule has 3 nitrogen and oxygen atoms in total. The van der Waals surface area contributed by atoms with Crippen molar-refractivity contribution in [1.29, 1.82) is 0 Å². The van der Waals surface area contributed by atoms with Crippen LogP contribution in [0.5, 0.6) is 0 Å². The summed E-state index contributed by atoms with van der Waals surface area (Å²) >= 11 is 0. The molecular weight excluding hydrogens is 295 g/mol. The summed E-state index contributed by atoms with van der Waals surface area (Å²) in [5, 5.41) is 2.19. The fourth-order valence-electron chi connectivity index (χ4n) is 2.43. The van der Waals surface area contributed by atoms with Crippen molar-refractivity contribution in [1.82, 2.24) is 5.32 Å². The number of halogens is 5. The number of nitrogens with one attached hydrogen (secondary N) is 1. The summed E-state index contributed by atoms with van der Waals surface area (Å²) in [5.74, 6) is -12.1. The van der Waals surface area contributed by atoms with Gasteiger partial charge in [-0.1, -0.05) is 0 Å². The Balaban J connectivity index is 2.16. The van der Waals surface area contributed by atoms with E-state index in [-0.39, 0.29) is 18.5 Å². The van der Waals surface area contributed by atoms with Crippen molar-refractivity contribution in [2.45, 2.75) is 25.3 Å². The Hall–Kier alpha value is -1.70. The molecule has 0 radical (unpaired) electrons. The highest BCUT2D eigenvalue weighted by molar-refractivity contribution is 5.94. The average Bonchev–Trinajstić information content (AvgIpc) is 2.86. The fraction of sp³-hybridized carbons (Fsp3) is 0.462. The van der Waals surface area contributed by atoms with Crippen LogP contribution in [0.3, 0.4) is 0 Å². The predicted octanol–water partition coefficient (Wildman–Crippen LogP) is 2.24. The van der Waals surface area contributed by atoms with Crippen LogP contribution >= 0.6 is 0 Å². The van der Waals surface area contributed by atoms with E-state index in [0.29, 0.717) is 6.42 Å². The molecular formula is C13H13F5N2O. The van der Waals surface area contributed by atoms with Gasteiger partial charge in [0.25, 0.3) is 5.91 Å².